The van der Waals surface area contributed by atoms with Gasteiger partial charge in [0.25, 0.3) is 5.56 Å². The number of aromatic nitrogens is 6. The van der Waals surface area contributed by atoms with E-state index < -0.39 is 6.10 Å². The van der Waals surface area contributed by atoms with Crippen LogP contribution in [0.1, 0.15) is 26.5 Å². The van der Waals surface area contributed by atoms with E-state index in [1.165, 1.54) is 16.4 Å². The second kappa shape index (κ2) is 7.32. The summed E-state index contributed by atoms with van der Waals surface area (Å²) in [7, 11) is 1.83. The summed E-state index contributed by atoms with van der Waals surface area (Å²) in [4.78, 5) is 13.1. The number of hydrogen-bond acceptors (Lipinski definition) is 6. The van der Waals surface area contributed by atoms with Gasteiger partial charge in [-0.1, -0.05) is 50.7 Å². The minimum absolute atomic E-state index is 0.202. The van der Waals surface area contributed by atoms with Gasteiger partial charge in [0.2, 0.25) is 5.16 Å². The van der Waals surface area contributed by atoms with Crippen molar-refractivity contribution in [1.29, 1.82) is 0 Å². The largest absolute Gasteiger partial charge is 0.392 e. The van der Waals surface area contributed by atoms with Crippen molar-refractivity contribution < 1.29 is 5.11 Å². The van der Waals surface area contributed by atoms with E-state index >= 15 is 0 Å². The Morgan fingerprint density at radius 2 is 1.89 bits per heavy atom. The molecule has 0 radical (unpaired) electrons. The summed E-state index contributed by atoms with van der Waals surface area (Å²) < 4.78 is 4.83. The Morgan fingerprint density at radius 3 is 2.52 bits per heavy atom. The standard InChI is InChI=1S/C18H24N6O2S/c1-12-15(16(26)24(22(12)5)13-9-7-6-8-10-13)23-17(19-20-21-23)27-11-14(25)18(2,3)4/h6-10,14,25H,11H2,1-5H3. The molecule has 0 saturated carbocycles. The first-order chi connectivity index (χ1) is 12.7. The molecule has 27 heavy (non-hydrogen) atoms. The molecule has 1 unspecified atom stereocenters. The summed E-state index contributed by atoms with van der Waals surface area (Å²) in [5.41, 5.74) is 1.47. The molecule has 3 rings (SSSR count). The van der Waals surface area contributed by atoms with Crippen molar-refractivity contribution in [3.63, 3.8) is 0 Å². The monoisotopic (exact) mass is 388 g/mol. The fourth-order valence-corrected chi connectivity index (χ4v) is 3.76. The number of benzene rings is 1. The molecule has 0 saturated heterocycles. The van der Waals surface area contributed by atoms with Crippen LogP contribution in [-0.4, -0.2) is 46.5 Å². The summed E-state index contributed by atoms with van der Waals surface area (Å²) in [6, 6.07) is 9.42. The second-order valence-corrected chi connectivity index (χ2v) is 8.46. The summed E-state index contributed by atoms with van der Waals surface area (Å²) in [5, 5.41) is 22.6. The van der Waals surface area contributed by atoms with Crippen LogP contribution >= 0.6 is 11.8 Å². The van der Waals surface area contributed by atoms with Crippen molar-refractivity contribution in [2.45, 2.75) is 39.0 Å². The molecule has 0 bridgehead atoms. The van der Waals surface area contributed by atoms with Crippen molar-refractivity contribution in [3.05, 3.63) is 46.4 Å². The van der Waals surface area contributed by atoms with E-state index in [2.05, 4.69) is 15.5 Å². The Bertz CT molecular complexity index is 984. The van der Waals surface area contributed by atoms with Crippen LogP contribution in [0.4, 0.5) is 0 Å². The van der Waals surface area contributed by atoms with Crippen LogP contribution in [-0.2, 0) is 7.05 Å². The molecule has 0 aliphatic carbocycles. The number of thioether (sulfide) groups is 1. The van der Waals surface area contributed by atoms with Crippen LogP contribution in [0.2, 0.25) is 0 Å². The quantitative estimate of drug-likeness (QED) is 0.672. The van der Waals surface area contributed by atoms with E-state index in [1.807, 2.05) is 65.1 Å². The van der Waals surface area contributed by atoms with Gasteiger partial charge in [0.05, 0.1) is 17.5 Å². The van der Waals surface area contributed by atoms with E-state index in [-0.39, 0.29) is 11.0 Å². The number of aliphatic hydroxyl groups excluding tert-OH is 1. The van der Waals surface area contributed by atoms with Crippen LogP contribution in [0, 0.1) is 12.3 Å². The van der Waals surface area contributed by atoms with Gasteiger partial charge in [0.1, 0.15) is 0 Å². The maximum atomic E-state index is 13.1. The lowest BCUT2D eigenvalue weighted by Crippen LogP contribution is -2.28. The Labute approximate surface area is 161 Å². The number of tetrazole rings is 1. The van der Waals surface area contributed by atoms with Gasteiger partial charge in [-0.2, -0.15) is 4.68 Å². The lowest BCUT2D eigenvalue weighted by atomic mass is 9.90. The third kappa shape index (κ3) is 3.70. The van der Waals surface area contributed by atoms with Crippen molar-refractivity contribution in [3.8, 4) is 11.4 Å². The molecule has 0 fully saturated rings. The minimum Gasteiger partial charge on any atom is -0.392 e. The van der Waals surface area contributed by atoms with Crippen molar-refractivity contribution in [1.82, 2.24) is 29.6 Å². The summed E-state index contributed by atoms with van der Waals surface area (Å²) in [6.07, 6.45) is -0.523. The Kier molecular flexibility index (Phi) is 5.25. The maximum Gasteiger partial charge on any atom is 0.297 e. The molecule has 0 amide bonds. The van der Waals surface area contributed by atoms with Gasteiger partial charge in [-0.25, -0.2) is 4.68 Å². The molecule has 0 aliphatic heterocycles. The number of hydrogen-bond donors (Lipinski definition) is 1. The lowest BCUT2D eigenvalue weighted by Gasteiger charge is -2.24. The highest BCUT2D eigenvalue weighted by Crippen LogP contribution is 2.26. The molecule has 144 valence electrons. The molecular formula is C18H24N6O2S. The SMILES string of the molecule is Cc1c(-n2nnnc2SCC(O)C(C)(C)C)c(=O)n(-c2ccccc2)n1C. The van der Waals surface area contributed by atoms with E-state index in [1.54, 1.807) is 9.36 Å². The molecule has 3 aromatic rings. The summed E-state index contributed by atoms with van der Waals surface area (Å²) in [6.45, 7) is 7.78. The molecule has 1 atom stereocenters. The van der Waals surface area contributed by atoms with Crippen molar-refractivity contribution in [2.75, 3.05) is 5.75 Å². The molecule has 8 nitrogen and oxygen atoms in total. The number of rotatable bonds is 5. The van der Waals surface area contributed by atoms with Crippen LogP contribution in [0.3, 0.4) is 0 Å². The molecule has 9 heteroatoms. The maximum absolute atomic E-state index is 13.1. The fourth-order valence-electron chi connectivity index (χ4n) is 2.61. The summed E-state index contributed by atoms with van der Waals surface area (Å²) >= 11 is 1.33. The first-order valence-electron chi connectivity index (χ1n) is 8.65. The first kappa shape index (κ1) is 19.4. The van der Waals surface area contributed by atoms with Gasteiger partial charge in [0, 0.05) is 12.8 Å². The van der Waals surface area contributed by atoms with Crippen LogP contribution < -0.4 is 5.56 Å². The Balaban J connectivity index is 2.00. The van der Waals surface area contributed by atoms with Gasteiger partial charge in [0.15, 0.2) is 5.69 Å². The zero-order valence-electron chi connectivity index (χ0n) is 16.1. The predicted molar refractivity (Wildman–Crippen MR) is 105 cm³/mol. The van der Waals surface area contributed by atoms with Gasteiger partial charge in [-0.15, -0.1) is 5.10 Å². The van der Waals surface area contributed by atoms with Crippen molar-refractivity contribution in [2.24, 2.45) is 12.5 Å². The van der Waals surface area contributed by atoms with Gasteiger partial charge in [-0.05, 0) is 34.9 Å². The zero-order valence-corrected chi connectivity index (χ0v) is 16.9. The smallest absolute Gasteiger partial charge is 0.297 e. The highest BCUT2D eigenvalue weighted by atomic mass is 32.2. The van der Waals surface area contributed by atoms with Crippen LogP contribution in [0.5, 0.6) is 0 Å². The zero-order chi connectivity index (χ0) is 19.8. The number of nitrogens with zero attached hydrogens (tertiary/aromatic N) is 6. The Hall–Kier alpha value is -2.39. The molecule has 1 N–H and O–H groups in total. The second-order valence-electron chi connectivity index (χ2n) is 7.48. The van der Waals surface area contributed by atoms with Crippen LogP contribution in [0.25, 0.3) is 11.4 Å². The van der Waals surface area contributed by atoms with Crippen molar-refractivity contribution >= 4 is 11.8 Å². The lowest BCUT2D eigenvalue weighted by molar-refractivity contribution is 0.0842. The molecular weight excluding hydrogens is 364 g/mol. The van der Waals surface area contributed by atoms with Gasteiger partial charge in [-0.3, -0.25) is 9.48 Å². The normalized spacial score (nSPS) is 13.1. The average molecular weight is 388 g/mol. The molecule has 2 heterocycles. The van der Waals surface area contributed by atoms with E-state index in [9.17, 15) is 9.90 Å². The average Bonchev–Trinajstić information content (AvgIpc) is 3.15. The number of para-hydroxylation sites is 1. The Morgan fingerprint density at radius 1 is 1.22 bits per heavy atom. The third-order valence-electron chi connectivity index (χ3n) is 4.55. The highest BCUT2D eigenvalue weighted by molar-refractivity contribution is 7.99. The van der Waals surface area contributed by atoms with Gasteiger partial charge >= 0.3 is 0 Å². The van der Waals surface area contributed by atoms with E-state index in [0.29, 0.717) is 16.6 Å². The molecule has 0 spiro atoms. The predicted octanol–water partition coefficient (Wildman–Crippen LogP) is 1.96. The van der Waals surface area contributed by atoms with E-state index in [0.717, 1.165) is 11.4 Å². The van der Waals surface area contributed by atoms with E-state index in [4.69, 9.17) is 0 Å². The minimum atomic E-state index is -0.523. The summed E-state index contributed by atoms with van der Waals surface area (Å²) in [5.74, 6) is 0.433. The third-order valence-corrected chi connectivity index (χ3v) is 5.54. The fraction of sp³-hybridized carbons (Fsp3) is 0.444. The topological polar surface area (TPSA) is 90.8 Å². The first-order valence-corrected chi connectivity index (χ1v) is 9.64. The number of aliphatic hydroxyl groups is 1. The molecule has 1 aromatic carbocycles. The van der Waals surface area contributed by atoms with Gasteiger partial charge < -0.3 is 5.11 Å². The van der Waals surface area contributed by atoms with Crippen LogP contribution in [0.15, 0.2) is 40.3 Å². The molecule has 2 aromatic heterocycles. The highest BCUT2D eigenvalue weighted by Gasteiger charge is 2.25. The molecule has 0 aliphatic rings.